The Morgan fingerprint density at radius 1 is 1.53 bits per heavy atom. The van der Waals surface area contributed by atoms with Crippen molar-refractivity contribution < 1.29 is 4.79 Å². The van der Waals surface area contributed by atoms with Gasteiger partial charge in [0, 0.05) is 19.1 Å². The van der Waals surface area contributed by atoms with E-state index in [9.17, 15) is 4.79 Å². The lowest BCUT2D eigenvalue weighted by Crippen LogP contribution is -2.52. The fourth-order valence-corrected chi connectivity index (χ4v) is 2.56. The maximum Gasteiger partial charge on any atom is 0.234 e. The molecule has 4 heteroatoms. The molecule has 1 aliphatic rings. The first-order chi connectivity index (χ1) is 8.19. The lowest BCUT2D eigenvalue weighted by molar-refractivity contribution is -0.123. The van der Waals surface area contributed by atoms with Crippen LogP contribution in [0.4, 0.5) is 0 Å². The molecule has 4 nitrogen and oxygen atoms in total. The van der Waals surface area contributed by atoms with Crippen LogP contribution in [-0.4, -0.2) is 43.0 Å². The molecule has 2 atom stereocenters. The van der Waals surface area contributed by atoms with E-state index in [-0.39, 0.29) is 5.91 Å². The molecule has 1 rings (SSSR count). The molecule has 1 aliphatic heterocycles. The Kier molecular flexibility index (Phi) is 6.52. The first-order valence-electron chi connectivity index (χ1n) is 6.89. The van der Waals surface area contributed by atoms with Crippen LogP contribution in [0.3, 0.4) is 0 Å². The van der Waals surface area contributed by atoms with Crippen molar-refractivity contribution in [1.82, 2.24) is 10.2 Å². The number of amides is 1. The maximum atomic E-state index is 11.8. The number of hydrogen-bond acceptors (Lipinski definition) is 3. The zero-order valence-electron chi connectivity index (χ0n) is 11.2. The third kappa shape index (κ3) is 4.64. The van der Waals surface area contributed by atoms with Crippen LogP contribution in [0.2, 0.25) is 0 Å². The van der Waals surface area contributed by atoms with Crippen LogP contribution in [0.5, 0.6) is 0 Å². The molecule has 17 heavy (non-hydrogen) atoms. The number of carbonyl (C=O) groups is 1. The lowest BCUT2D eigenvalue weighted by Gasteiger charge is -2.38. The van der Waals surface area contributed by atoms with E-state index in [1.54, 1.807) is 0 Å². The summed E-state index contributed by atoms with van der Waals surface area (Å²) in [7, 11) is 0. The van der Waals surface area contributed by atoms with Gasteiger partial charge in [-0.05, 0) is 31.7 Å². The van der Waals surface area contributed by atoms with Gasteiger partial charge in [-0.3, -0.25) is 9.69 Å². The van der Waals surface area contributed by atoms with Crippen LogP contribution in [0.1, 0.15) is 39.5 Å². The number of likely N-dealkylation sites (tertiary alicyclic amines) is 1. The average Bonchev–Trinajstić information content (AvgIpc) is 2.29. The molecule has 0 bridgehead atoms. The van der Waals surface area contributed by atoms with Crippen molar-refractivity contribution in [2.45, 2.75) is 45.6 Å². The van der Waals surface area contributed by atoms with Crippen LogP contribution < -0.4 is 11.1 Å². The van der Waals surface area contributed by atoms with E-state index < -0.39 is 0 Å². The molecule has 1 heterocycles. The van der Waals surface area contributed by atoms with Crippen molar-refractivity contribution in [2.75, 3.05) is 26.2 Å². The lowest BCUT2D eigenvalue weighted by atomic mass is 9.91. The predicted octanol–water partition coefficient (Wildman–Crippen LogP) is 0.962. The number of carbonyl (C=O) groups excluding carboxylic acids is 1. The molecule has 0 spiro atoms. The number of piperidine rings is 1. The van der Waals surface area contributed by atoms with Crippen molar-refractivity contribution in [1.29, 1.82) is 0 Å². The van der Waals surface area contributed by atoms with Crippen molar-refractivity contribution in [2.24, 2.45) is 11.7 Å². The normalized spacial score (nSPS) is 25.8. The van der Waals surface area contributed by atoms with Crippen molar-refractivity contribution in [3.8, 4) is 0 Å². The summed E-state index contributed by atoms with van der Waals surface area (Å²) < 4.78 is 0. The highest BCUT2D eigenvalue weighted by molar-refractivity contribution is 5.78. The van der Waals surface area contributed by atoms with Crippen LogP contribution >= 0.6 is 0 Å². The first-order valence-corrected chi connectivity index (χ1v) is 6.89. The van der Waals surface area contributed by atoms with Crippen LogP contribution in [0.15, 0.2) is 0 Å². The van der Waals surface area contributed by atoms with Crippen molar-refractivity contribution >= 4 is 5.91 Å². The summed E-state index contributed by atoms with van der Waals surface area (Å²) in [5.41, 5.74) is 5.81. The molecule has 1 saturated heterocycles. The fraction of sp³-hybridized carbons (Fsp3) is 0.923. The van der Waals surface area contributed by atoms with E-state index in [2.05, 4.69) is 24.1 Å². The zero-order chi connectivity index (χ0) is 12.7. The SMILES string of the molecule is CCCCNC(=O)CN1CCCC(C)C1CN. The molecule has 2 unspecified atom stereocenters. The van der Waals surface area contributed by atoms with Crippen LogP contribution in [0.25, 0.3) is 0 Å². The second-order valence-electron chi connectivity index (χ2n) is 5.10. The Labute approximate surface area is 105 Å². The van der Waals surface area contributed by atoms with Crippen LogP contribution in [-0.2, 0) is 4.79 Å². The molecule has 0 aliphatic carbocycles. The van der Waals surface area contributed by atoms with Gasteiger partial charge in [-0.15, -0.1) is 0 Å². The molecular formula is C13H27N3O. The minimum Gasteiger partial charge on any atom is -0.355 e. The van der Waals surface area contributed by atoms with Gasteiger partial charge in [0.05, 0.1) is 6.54 Å². The number of nitrogens with zero attached hydrogens (tertiary/aromatic N) is 1. The molecular weight excluding hydrogens is 214 g/mol. The highest BCUT2D eigenvalue weighted by Gasteiger charge is 2.28. The van der Waals surface area contributed by atoms with Gasteiger partial charge in [0.25, 0.3) is 0 Å². The molecule has 0 saturated carbocycles. The number of hydrogen-bond donors (Lipinski definition) is 2. The largest absolute Gasteiger partial charge is 0.355 e. The molecule has 0 radical (unpaired) electrons. The van der Waals surface area contributed by atoms with E-state index >= 15 is 0 Å². The third-order valence-corrected chi connectivity index (χ3v) is 3.67. The van der Waals surface area contributed by atoms with Gasteiger partial charge in [0.1, 0.15) is 0 Å². The highest BCUT2D eigenvalue weighted by atomic mass is 16.2. The molecule has 1 amide bonds. The Morgan fingerprint density at radius 3 is 2.94 bits per heavy atom. The highest BCUT2D eigenvalue weighted by Crippen LogP contribution is 2.21. The summed E-state index contributed by atoms with van der Waals surface area (Å²) in [5.74, 6) is 0.753. The molecule has 0 aromatic carbocycles. The second-order valence-corrected chi connectivity index (χ2v) is 5.10. The van der Waals surface area contributed by atoms with E-state index in [1.807, 2.05) is 0 Å². The molecule has 0 aromatic rings. The topological polar surface area (TPSA) is 58.4 Å². The van der Waals surface area contributed by atoms with Gasteiger partial charge in [0.15, 0.2) is 0 Å². The average molecular weight is 241 g/mol. The van der Waals surface area contributed by atoms with Gasteiger partial charge in [0.2, 0.25) is 5.91 Å². The Bertz CT molecular complexity index is 233. The molecule has 0 aromatic heterocycles. The van der Waals surface area contributed by atoms with Gasteiger partial charge >= 0.3 is 0 Å². The Balaban J connectivity index is 2.35. The first kappa shape index (κ1) is 14.5. The van der Waals surface area contributed by atoms with Gasteiger partial charge < -0.3 is 11.1 Å². The second kappa shape index (κ2) is 7.67. The fourth-order valence-electron chi connectivity index (χ4n) is 2.56. The smallest absolute Gasteiger partial charge is 0.234 e. The number of unbranched alkanes of at least 4 members (excludes halogenated alkanes) is 1. The van der Waals surface area contributed by atoms with Gasteiger partial charge in [-0.1, -0.05) is 20.3 Å². The van der Waals surface area contributed by atoms with Gasteiger partial charge in [-0.25, -0.2) is 0 Å². The predicted molar refractivity (Wildman–Crippen MR) is 70.7 cm³/mol. The Morgan fingerprint density at radius 2 is 2.29 bits per heavy atom. The minimum atomic E-state index is 0.144. The van der Waals surface area contributed by atoms with Crippen molar-refractivity contribution in [3.05, 3.63) is 0 Å². The van der Waals surface area contributed by atoms with Crippen LogP contribution in [0, 0.1) is 5.92 Å². The maximum absolute atomic E-state index is 11.8. The third-order valence-electron chi connectivity index (χ3n) is 3.67. The summed E-state index contributed by atoms with van der Waals surface area (Å²) in [6.45, 7) is 7.33. The van der Waals surface area contributed by atoms with E-state index in [4.69, 9.17) is 5.73 Å². The van der Waals surface area contributed by atoms with Gasteiger partial charge in [-0.2, -0.15) is 0 Å². The van der Waals surface area contributed by atoms with Crippen molar-refractivity contribution in [3.63, 3.8) is 0 Å². The number of nitrogens with two attached hydrogens (primary N) is 1. The summed E-state index contributed by atoms with van der Waals surface area (Å²) in [5, 5.41) is 2.97. The summed E-state index contributed by atoms with van der Waals surface area (Å²) in [4.78, 5) is 14.0. The van der Waals surface area contributed by atoms with E-state index in [0.717, 1.165) is 25.9 Å². The number of nitrogens with one attached hydrogen (secondary N) is 1. The standard InChI is InChI=1S/C13H27N3O/c1-3-4-7-15-13(17)10-16-8-5-6-11(2)12(16)9-14/h11-12H,3-10,14H2,1-2H3,(H,15,17). The molecule has 3 N–H and O–H groups in total. The molecule has 100 valence electrons. The summed E-state index contributed by atoms with van der Waals surface area (Å²) in [6.07, 6.45) is 4.59. The van der Waals surface area contributed by atoms with E-state index in [0.29, 0.717) is 25.0 Å². The zero-order valence-corrected chi connectivity index (χ0v) is 11.2. The summed E-state index contributed by atoms with van der Waals surface area (Å²) in [6, 6.07) is 0.376. The summed E-state index contributed by atoms with van der Waals surface area (Å²) >= 11 is 0. The van der Waals surface area contributed by atoms with E-state index in [1.165, 1.54) is 12.8 Å². The number of rotatable bonds is 6. The monoisotopic (exact) mass is 241 g/mol. The Hall–Kier alpha value is -0.610. The molecule has 1 fully saturated rings. The quantitative estimate of drug-likeness (QED) is 0.681. The minimum absolute atomic E-state index is 0.144.